The quantitative estimate of drug-likeness (QED) is 0.768. The van der Waals surface area contributed by atoms with Crippen LogP contribution in [0, 0.1) is 0 Å². The summed E-state index contributed by atoms with van der Waals surface area (Å²) < 4.78 is 0. The molecule has 3 rings (SSSR count). The van der Waals surface area contributed by atoms with Gasteiger partial charge >= 0.3 is 0 Å². The SMILES string of the molecule is CC(C(=O)NCc1ccc(Cl)cc1)=C(C)c1ccccc1N1CCN(C)CC1. The number of halogens is 1. The van der Waals surface area contributed by atoms with E-state index in [1.807, 2.05) is 44.2 Å². The van der Waals surface area contributed by atoms with Crippen LogP contribution >= 0.6 is 11.6 Å². The summed E-state index contributed by atoms with van der Waals surface area (Å²) in [5.74, 6) is -0.0411. The Kier molecular flexibility index (Phi) is 6.76. The molecule has 0 radical (unpaired) electrons. The number of allylic oxidation sites excluding steroid dienone is 1. The predicted octanol–water partition coefficient (Wildman–Crippen LogP) is 4.20. The van der Waals surface area contributed by atoms with Crippen molar-refractivity contribution in [1.82, 2.24) is 10.2 Å². The number of nitrogens with one attached hydrogen (secondary N) is 1. The van der Waals surface area contributed by atoms with Gasteiger partial charge in [0, 0.05) is 54.6 Å². The number of para-hydroxylation sites is 1. The van der Waals surface area contributed by atoms with Gasteiger partial charge in [-0.05, 0) is 50.2 Å². The van der Waals surface area contributed by atoms with Gasteiger partial charge in [-0.3, -0.25) is 4.79 Å². The number of likely N-dealkylation sites (N-methyl/N-ethyl adjacent to an activating group) is 1. The highest BCUT2D eigenvalue weighted by atomic mass is 35.5. The lowest BCUT2D eigenvalue weighted by molar-refractivity contribution is -0.117. The molecule has 2 aromatic rings. The molecular weight excluding hydrogens is 370 g/mol. The first-order valence-electron chi connectivity index (χ1n) is 9.68. The van der Waals surface area contributed by atoms with E-state index in [4.69, 9.17) is 11.6 Å². The lowest BCUT2D eigenvalue weighted by Gasteiger charge is -2.35. The maximum absolute atomic E-state index is 12.7. The molecule has 1 heterocycles. The molecule has 0 aromatic heterocycles. The van der Waals surface area contributed by atoms with E-state index in [0.717, 1.165) is 48.5 Å². The highest BCUT2D eigenvalue weighted by molar-refractivity contribution is 6.30. The zero-order valence-electron chi connectivity index (χ0n) is 16.8. The van der Waals surface area contributed by atoms with Gasteiger partial charge in [0.25, 0.3) is 0 Å². The van der Waals surface area contributed by atoms with Gasteiger partial charge in [-0.2, -0.15) is 0 Å². The maximum Gasteiger partial charge on any atom is 0.247 e. The lowest BCUT2D eigenvalue weighted by atomic mass is 9.99. The summed E-state index contributed by atoms with van der Waals surface area (Å²) in [5, 5.41) is 3.71. The van der Waals surface area contributed by atoms with Gasteiger partial charge in [-0.25, -0.2) is 0 Å². The molecule has 4 nitrogen and oxygen atoms in total. The van der Waals surface area contributed by atoms with E-state index in [9.17, 15) is 4.79 Å². The second kappa shape index (κ2) is 9.26. The molecule has 5 heteroatoms. The monoisotopic (exact) mass is 397 g/mol. The predicted molar refractivity (Wildman–Crippen MR) is 118 cm³/mol. The third kappa shape index (κ3) is 4.94. The summed E-state index contributed by atoms with van der Waals surface area (Å²) in [6.45, 7) is 8.53. The molecule has 0 atom stereocenters. The number of carbonyl (C=O) groups is 1. The fraction of sp³-hybridized carbons (Fsp3) is 0.348. The van der Waals surface area contributed by atoms with Crippen LogP contribution in [-0.2, 0) is 11.3 Å². The third-order valence-corrected chi connectivity index (χ3v) is 5.67. The van der Waals surface area contributed by atoms with Gasteiger partial charge < -0.3 is 15.1 Å². The Bertz CT molecular complexity index is 852. The largest absolute Gasteiger partial charge is 0.368 e. The summed E-state index contributed by atoms with van der Waals surface area (Å²) >= 11 is 5.92. The lowest BCUT2D eigenvalue weighted by Crippen LogP contribution is -2.44. The van der Waals surface area contributed by atoms with Crippen LogP contribution in [0.15, 0.2) is 54.1 Å². The van der Waals surface area contributed by atoms with E-state index >= 15 is 0 Å². The Morgan fingerprint density at radius 1 is 1.00 bits per heavy atom. The number of hydrogen-bond donors (Lipinski definition) is 1. The Hall–Kier alpha value is -2.30. The van der Waals surface area contributed by atoms with E-state index in [2.05, 4.69) is 40.4 Å². The Morgan fingerprint density at radius 2 is 1.64 bits per heavy atom. The molecule has 1 amide bonds. The molecule has 0 aliphatic carbocycles. The van der Waals surface area contributed by atoms with E-state index in [-0.39, 0.29) is 5.91 Å². The standard InChI is InChI=1S/C23H28ClN3O/c1-17(18(2)23(28)25-16-19-8-10-20(24)11-9-19)21-6-4-5-7-22(21)27-14-12-26(3)13-15-27/h4-11H,12-16H2,1-3H3,(H,25,28). The number of rotatable bonds is 5. The van der Waals surface area contributed by atoms with Crippen LogP contribution in [0.5, 0.6) is 0 Å². The Labute approximate surface area is 172 Å². The maximum atomic E-state index is 12.7. The van der Waals surface area contributed by atoms with Crippen LogP contribution in [0.3, 0.4) is 0 Å². The first-order chi connectivity index (χ1) is 13.5. The summed E-state index contributed by atoms with van der Waals surface area (Å²) in [5.41, 5.74) is 5.13. The minimum atomic E-state index is -0.0411. The molecule has 1 aliphatic rings. The molecule has 0 saturated carbocycles. The van der Waals surface area contributed by atoms with Gasteiger partial charge in [-0.1, -0.05) is 41.9 Å². The van der Waals surface area contributed by atoms with E-state index in [1.165, 1.54) is 5.69 Å². The van der Waals surface area contributed by atoms with Gasteiger partial charge in [-0.15, -0.1) is 0 Å². The van der Waals surface area contributed by atoms with Crippen LogP contribution in [0.25, 0.3) is 5.57 Å². The highest BCUT2D eigenvalue weighted by Crippen LogP contribution is 2.29. The van der Waals surface area contributed by atoms with E-state index in [1.54, 1.807) is 0 Å². The minimum Gasteiger partial charge on any atom is -0.368 e. The molecule has 28 heavy (non-hydrogen) atoms. The van der Waals surface area contributed by atoms with Crippen molar-refractivity contribution in [3.05, 3.63) is 70.3 Å². The van der Waals surface area contributed by atoms with Crippen LogP contribution < -0.4 is 10.2 Å². The Morgan fingerprint density at radius 3 is 2.32 bits per heavy atom. The van der Waals surface area contributed by atoms with Crippen molar-refractivity contribution in [3.63, 3.8) is 0 Å². The number of hydrogen-bond acceptors (Lipinski definition) is 3. The minimum absolute atomic E-state index is 0.0411. The van der Waals surface area contributed by atoms with Crippen molar-refractivity contribution in [2.24, 2.45) is 0 Å². The molecule has 1 N–H and O–H groups in total. The zero-order chi connectivity index (χ0) is 20.1. The van der Waals surface area contributed by atoms with Crippen LogP contribution in [0.1, 0.15) is 25.0 Å². The van der Waals surface area contributed by atoms with Crippen molar-refractivity contribution in [2.45, 2.75) is 20.4 Å². The second-order valence-electron chi connectivity index (χ2n) is 7.37. The molecule has 0 unspecified atom stereocenters. The molecule has 148 valence electrons. The second-order valence-corrected chi connectivity index (χ2v) is 7.80. The van der Waals surface area contributed by atoms with Crippen LogP contribution in [-0.4, -0.2) is 44.0 Å². The topological polar surface area (TPSA) is 35.6 Å². The molecule has 1 aliphatic heterocycles. The molecule has 1 fully saturated rings. The number of piperazine rings is 1. The number of nitrogens with zero attached hydrogens (tertiary/aromatic N) is 2. The number of anilines is 1. The molecule has 2 aromatic carbocycles. The molecule has 0 bridgehead atoms. The van der Waals surface area contributed by atoms with Crippen molar-refractivity contribution in [2.75, 3.05) is 38.1 Å². The summed E-state index contributed by atoms with van der Waals surface area (Å²) in [7, 11) is 2.16. The highest BCUT2D eigenvalue weighted by Gasteiger charge is 2.19. The summed E-state index contributed by atoms with van der Waals surface area (Å²) in [6.07, 6.45) is 0. The van der Waals surface area contributed by atoms with Crippen LogP contribution in [0.4, 0.5) is 5.69 Å². The number of carbonyl (C=O) groups excluding carboxylic acids is 1. The average Bonchev–Trinajstić information content (AvgIpc) is 2.72. The normalized spacial score (nSPS) is 15.9. The third-order valence-electron chi connectivity index (χ3n) is 5.42. The first-order valence-corrected chi connectivity index (χ1v) is 10.1. The summed E-state index contributed by atoms with van der Waals surface area (Å²) in [4.78, 5) is 17.5. The zero-order valence-corrected chi connectivity index (χ0v) is 17.6. The smallest absolute Gasteiger partial charge is 0.247 e. The van der Waals surface area contributed by atoms with Gasteiger partial charge in [0.2, 0.25) is 5.91 Å². The van der Waals surface area contributed by atoms with E-state index in [0.29, 0.717) is 11.6 Å². The fourth-order valence-electron chi connectivity index (χ4n) is 3.40. The molecule has 1 saturated heterocycles. The summed E-state index contributed by atoms with van der Waals surface area (Å²) in [6, 6.07) is 15.9. The van der Waals surface area contributed by atoms with Crippen molar-refractivity contribution in [1.29, 1.82) is 0 Å². The fourth-order valence-corrected chi connectivity index (χ4v) is 3.53. The molecular formula is C23H28ClN3O. The van der Waals surface area contributed by atoms with Crippen molar-refractivity contribution >= 4 is 28.8 Å². The number of amides is 1. The Balaban J connectivity index is 1.75. The van der Waals surface area contributed by atoms with Crippen molar-refractivity contribution < 1.29 is 4.79 Å². The first kappa shape index (κ1) is 20.4. The number of benzene rings is 2. The van der Waals surface area contributed by atoms with Gasteiger partial charge in [0.05, 0.1) is 0 Å². The van der Waals surface area contributed by atoms with Gasteiger partial charge in [0.1, 0.15) is 0 Å². The van der Waals surface area contributed by atoms with E-state index < -0.39 is 0 Å². The van der Waals surface area contributed by atoms with Crippen LogP contribution in [0.2, 0.25) is 5.02 Å². The average molecular weight is 398 g/mol. The van der Waals surface area contributed by atoms with Gasteiger partial charge in [0.15, 0.2) is 0 Å². The molecule has 0 spiro atoms. The van der Waals surface area contributed by atoms with Crippen molar-refractivity contribution in [3.8, 4) is 0 Å².